The lowest BCUT2D eigenvalue weighted by atomic mass is 10.3. The number of imide groups is 1. The van der Waals surface area contributed by atoms with Crippen molar-refractivity contribution in [2.75, 3.05) is 0 Å². The molecule has 0 radical (unpaired) electrons. The molecule has 0 aliphatic carbocycles. The van der Waals surface area contributed by atoms with Crippen molar-refractivity contribution < 1.29 is 18.7 Å². The fourth-order valence-electron chi connectivity index (χ4n) is 1.47. The average Bonchev–Trinajstić information content (AvgIpc) is 2.93. The number of primary amides is 1. The number of benzene rings is 1. The smallest absolute Gasteiger partial charge is 0.318 e. The molecule has 1 atom stereocenters. The summed E-state index contributed by atoms with van der Waals surface area (Å²) in [6, 6.07) is 6.07. The zero-order valence-electron chi connectivity index (χ0n) is 12.0. The number of para-hydroxylation sites is 1. The van der Waals surface area contributed by atoms with Crippen LogP contribution in [0.4, 0.5) is 4.79 Å². The molecule has 0 bridgehead atoms. The first-order valence-electron chi connectivity index (χ1n) is 6.42. The van der Waals surface area contributed by atoms with Crippen LogP contribution in [0, 0.1) is 0 Å². The Balaban J connectivity index is 1.89. The van der Waals surface area contributed by atoms with Crippen LogP contribution in [0.3, 0.4) is 0 Å². The van der Waals surface area contributed by atoms with Gasteiger partial charge in [-0.3, -0.25) is 10.1 Å². The van der Waals surface area contributed by atoms with E-state index in [2.05, 4.69) is 10.2 Å². The lowest BCUT2D eigenvalue weighted by Gasteiger charge is -2.06. The molecule has 0 fully saturated rings. The zero-order valence-corrected chi connectivity index (χ0v) is 13.6. The van der Waals surface area contributed by atoms with Crippen molar-refractivity contribution in [1.29, 1.82) is 0 Å². The van der Waals surface area contributed by atoms with Gasteiger partial charge in [0.25, 0.3) is 11.1 Å². The number of amides is 3. The summed E-state index contributed by atoms with van der Waals surface area (Å²) in [7, 11) is 0. The van der Waals surface area contributed by atoms with Gasteiger partial charge in [0.05, 0.1) is 10.3 Å². The number of hydrogen-bond donors (Lipinski definition) is 2. The average molecular weight is 357 g/mol. The fourth-order valence-corrected chi connectivity index (χ4v) is 2.36. The Morgan fingerprint density at radius 3 is 2.87 bits per heavy atom. The van der Waals surface area contributed by atoms with Gasteiger partial charge in [-0.15, -0.1) is 10.2 Å². The van der Waals surface area contributed by atoms with Crippen LogP contribution in [-0.2, 0) is 11.4 Å². The Labute approximate surface area is 140 Å². The van der Waals surface area contributed by atoms with Crippen LogP contribution >= 0.6 is 23.4 Å². The predicted molar refractivity (Wildman–Crippen MR) is 83.1 cm³/mol. The molecule has 3 N–H and O–H groups in total. The van der Waals surface area contributed by atoms with Gasteiger partial charge < -0.3 is 14.9 Å². The number of aromatic nitrogens is 2. The summed E-state index contributed by atoms with van der Waals surface area (Å²) in [5, 5.41) is 9.59. The van der Waals surface area contributed by atoms with E-state index in [1.807, 2.05) is 5.32 Å². The molecule has 2 aromatic rings. The van der Waals surface area contributed by atoms with Crippen molar-refractivity contribution in [3.8, 4) is 5.75 Å². The Kier molecular flexibility index (Phi) is 5.83. The molecule has 2 rings (SSSR count). The number of carbonyl (C=O) groups excluding carboxylic acids is 2. The van der Waals surface area contributed by atoms with Gasteiger partial charge in [-0.2, -0.15) is 0 Å². The van der Waals surface area contributed by atoms with Crippen LogP contribution in [0.1, 0.15) is 12.8 Å². The van der Waals surface area contributed by atoms with E-state index in [1.54, 1.807) is 31.2 Å². The summed E-state index contributed by atoms with van der Waals surface area (Å²) in [5.41, 5.74) is 4.88. The lowest BCUT2D eigenvalue weighted by molar-refractivity contribution is -0.119. The van der Waals surface area contributed by atoms with Crippen molar-refractivity contribution in [3.05, 3.63) is 35.2 Å². The number of hydrogen-bond acceptors (Lipinski definition) is 7. The summed E-state index contributed by atoms with van der Waals surface area (Å²) in [5.74, 6) is 0.181. The Morgan fingerprint density at radius 2 is 2.17 bits per heavy atom. The largest absolute Gasteiger partial charge is 0.482 e. The predicted octanol–water partition coefficient (Wildman–Crippen LogP) is 1.98. The lowest BCUT2D eigenvalue weighted by Crippen LogP contribution is -2.39. The minimum Gasteiger partial charge on any atom is -0.482 e. The molecule has 0 saturated heterocycles. The van der Waals surface area contributed by atoms with Gasteiger partial charge in [0.15, 0.2) is 6.61 Å². The van der Waals surface area contributed by atoms with Gasteiger partial charge in [-0.25, -0.2) is 4.79 Å². The molecule has 1 aromatic heterocycles. The van der Waals surface area contributed by atoms with E-state index in [0.29, 0.717) is 10.8 Å². The van der Waals surface area contributed by atoms with E-state index < -0.39 is 17.2 Å². The van der Waals surface area contributed by atoms with Gasteiger partial charge in [-0.05, 0) is 19.1 Å². The highest BCUT2D eigenvalue weighted by Gasteiger charge is 2.19. The van der Waals surface area contributed by atoms with Crippen LogP contribution in [-0.4, -0.2) is 27.4 Å². The standard InChI is InChI=1S/C13H13ClN4O4S/c1-7(11(19)16-12(15)20)23-13-18-17-10(22-13)6-21-9-5-3-2-4-8(9)14/h2-5,7H,6H2,1H3,(H3,15,16,19,20)/t7-/m1/s1. The van der Waals surface area contributed by atoms with Crippen molar-refractivity contribution in [2.24, 2.45) is 5.73 Å². The number of rotatable bonds is 6. The molecular weight excluding hydrogens is 344 g/mol. The third-order valence-corrected chi connectivity index (χ3v) is 3.78. The molecule has 0 spiro atoms. The number of urea groups is 1. The van der Waals surface area contributed by atoms with Crippen molar-refractivity contribution in [1.82, 2.24) is 15.5 Å². The Bertz CT molecular complexity index is 709. The summed E-state index contributed by atoms with van der Waals surface area (Å²) in [4.78, 5) is 22.2. The van der Waals surface area contributed by atoms with E-state index >= 15 is 0 Å². The molecule has 0 aliphatic heterocycles. The molecule has 3 amide bonds. The molecule has 1 heterocycles. The number of halogens is 1. The van der Waals surface area contributed by atoms with Gasteiger partial charge >= 0.3 is 6.03 Å². The van der Waals surface area contributed by atoms with Gasteiger partial charge in [-0.1, -0.05) is 35.5 Å². The topological polar surface area (TPSA) is 120 Å². The molecule has 10 heteroatoms. The number of nitrogens with one attached hydrogen (secondary N) is 1. The Morgan fingerprint density at radius 1 is 1.43 bits per heavy atom. The maximum absolute atomic E-state index is 11.6. The normalized spacial score (nSPS) is 11.7. The first-order chi connectivity index (χ1) is 11.0. The SMILES string of the molecule is C[C@@H](Sc1nnc(COc2ccccc2Cl)o1)C(=O)NC(N)=O. The molecule has 0 unspecified atom stereocenters. The second-order valence-electron chi connectivity index (χ2n) is 4.29. The first kappa shape index (κ1) is 17.1. The number of nitrogens with two attached hydrogens (primary N) is 1. The number of nitrogens with zero attached hydrogens (tertiary/aromatic N) is 2. The molecule has 0 aliphatic rings. The van der Waals surface area contributed by atoms with Crippen LogP contribution in [0.15, 0.2) is 33.9 Å². The van der Waals surface area contributed by atoms with Crippen molar-refractivity contribution in [3.63, 3.8) is 0 Å². The van der Waals surface area contributed by atoms with E-state index in [9.17, 15) is 9.59 Å². The molecule has 1 aromatic carbocycles. The quantitative estimate of drug-likeness (QED) is 0.759. The van der Waals surface area contributed by atoms with E-state index in [-0.39, 0.29) is 17.7 Å². The summed E-state index contributed by atoms with van der Waals surface area (Å²) < 4.78 is 10.8. The minimum absolute atomic E-state index is 0.0408. The van der Waals surface area contributed by atoms with Crippen LogP contribution in [0.5, 0.6) is 5.75 Å². The number of carbonyl (C=O) groups is 2. The van der Waals surface area contributed by atoms with Gasteiger partial charge in [0.2, 0.25) is 5.91 Å². The van der Waals surface area contributed by atoms with Crippen LogP contribution in [0.2, 0.25) is 5.02 Å². The van der Waals surface area contributed by atoms with Crippen molar-refractivity contribution >= 4 is 35.3 Å². The van der Waals surface area contributed by atoms with Gasteiger partial charge in [0, 0.05) is 0 Å². The highest BCUT2D eigenvalue weighted by atomic mass is 35.5. The molecular formula is C13H13ClN4O4S. The highest BCUT2D eigenvalue weighted by Crippen LogP contribution is 2.25. The fraction of sp³-hybridized carbons (Fsp3) is 0.231. The van der Waals surface area contributed by atoms with E-state index in [1.165, 1.54) is 0 Å². The summed E-state index contributed by atoms with van der Waals surface area (Å²) in [6.45, 7) is 1.62. The Hall–Kier alpha value is -2.26. The monoisotopic (exact) mass is 356 g/mol. The van der Waals surface area contributed by atoms with Gasteiger partial charge in [0.1, 0.15) is 5.75 Å². The third kappa shape index (κ3) is 5.15. The molecule has 0 saturated carbocycles. The summed E-state index contributed by atoms with van der Waals surface area (Å²) >= 11 is 6.96. The first-order valence-corrected chi connectivity index (χ1v) is 7.68. The van der Waals surface area contributed by atoms with E-state index in [0.717, 1.165) is 11.8 Å². The maximum Gasteiger partial charge on any atom is 0.318 e. The van der Waals surface area contributed by atoms with Crippen LogP contribution < -0.4 is 15.8 Å². The molecule has 122 valence electrons. The molecule has 8 nitrogen and oxygen atoms in total. The number of thioether (sulfide) groups is 1. The minimum atomic E-state index is -0.915. The second-order valence-corrected chi connectivity index (χ2v) is 5.99. The third-order valence-electron chi connectivity index (χ3n) is 2.53. The van der Waals surface area contributed by atoms with Crippen LogP contribution in [0.25, 0.3) is 0 Å². The van der Waals surface area contributed by atoms with E-state index in [4.69, 9.17) is 26.5 Å². The van der Waals surface area contributed by atoms with Crippen molar-refractivity contribution in [2.45, 2.75) is 24.0 Å². The maximum atomic E-state index is 11.6. The summed E-state index contributed by atoms with van der Waals surface area (Å²) in [6.07, 6.45) is 0. The highest BCUT2D eigenvalue weighted by molar-refractivity contribution is 8.00. The molecule has 23 heavy (non-hydrogen) atoms. The second kappa shape index (κ2) is 7.84. The zero-order chi connectivity index (χ0) is 16.8. The number of ether oxygens (including phenoxy) is 1.